The minimum absolute atomic E-state index is 0.463. The Morgan fingerprint density at radius 2 is 2.11 bits per heavy atom. The molecule has 0 saturated carbocycles. The van der Waals surface area contributed by atoms with Gasteiger partial charge >= 0.3 is 0 Å². The first kappa shape index (κ1) is 14.9. The lowest BCUT2D eigenvalue weighted by Gasteiger charge is -2.31. The molecule has 2 N–H and O–H groups in total. The fourth-order valence-electron chi connectivity index (χ4n) is 2.52. The molecule has 106 valence electrons. The largest absolute Gasteiger partial charge is 0.330 e. The molecule has 2 rings (SSSR count). The summed E-state index contributed by atoms with van der Waals surface area (Å²) in [6.45, 7) is 8.76. The summed E-state index contributed by atoms with van der Waals surface area (Å²) < 4.78 is 0. The van der Waals surface area contributed by atoms with Crippen LogP contribution in [0.3, 0.4) is 0 Å². The molecule has 0 radical (unpaired) electrons. The van der Waals surface area contributed by atoms with Gasteiger partial charge in [-0.3, -0.25) is 4.90 Å². The Labute approximate surface area is 121 Å². The van der Waals surface area contributed by atoms with Crippen molar-refractivity contribution in [3.8, 4) is 0 Å². The molecule has 1 saturated heterocycles. The van der Waals surface area contributed by atoms with Gasteiger partial charge in [-0.15, -0.1) is 0 Å². The smallest absolute Gasteiger partial charge is 0.0234 e. The lowest BCUT2D eigenvalue weighted by atomic mass is 10.00. The summed E-state index contributed by atoms with van der Waals surface area (Å²) >= 11 is 2.13. The monoisotopic (exact) mass is 278 g/mol. The maximum absolute atomic E-state index is 5.71. The minimum atomic E-state index is 0.463. The molecule has 1 fully saturated rings. The Balaban J connectivity index is 1.92. The molecule has 1 aromatic rings. The van der Waals surface area contributed by atoms with Gasteiger partial charge in [-0.05, 0) is 30.0 Å². The number of nitrogens with zero attached hydrogens (tertiary/aromatic N) is 1. The van der Waals surface area contributed by atoms with Crippen molar-refractivity contribution in [1.29, 1.82) is 0 Å². The van der Waals surface area contributed by atoms with Gasteiger partial charge in [-0.25, -0.2) is 0 Å². The number of benzene rings is 1. The second-order valence-corrected chi connectivity index (χ2v) is 6.92. The van der Waals surface area contributed by atoms with Gasteiger partial charge in [0.15, 0.2) is 0 Å². The molecule has 0 spiro atoms. The van der Waals surface area contributed by atoms with Crippen molar-refractivity contribution in [2.24, 2.45) is 5.73 Å². The lowest BCUT2D eigenvalue weighted by molar-refractivity contribution is 0.273. The van der Waals surface area contributed by atoms with Crippen LogP contribution in [0.15, 0.2) is 24.3 Å². The number of thioether (sulfide) groups is 1. The Morgan fingerprint density at radius 1 is 1.37 bits per heavy atom. The Morgan fingerprint density at radius 3 is 2.74 bits per heavy atom. The number of hydrogen-bond acceptors (Lipinski definition) is 3. The molecule has 1 aliphatic heterocycles. The SMILES string of the molecule is CCC1CN(Cc2ccc(C(C)CN)cc2)CCS1. The molecule has 2 unspecified atom stereocenters. The van der Waals surface area contributed by atoms with Crippen molar-refractivity contribution in [2.45, 2.75) is 38.0 Å². The molecule has 0 aliphatic carbocycles. The first-order valence-corrected chi connectivity index (χ1v) is 8.40. The van der Waals surface area contributed by atoms with Crippen molar-refractivity contribution in [3.63, 3.8) is 0 Å². The number of hydrogen-bond donors (Lipinski definition) is 1. The lowest BCUT2D eigenvalue weighted by Crippen LogP contribution is -2.37. The van der Waals surface area contributed by atoms with Gasteiger partial charge in [-0.2, -0.15) is 11.8 Å². The average molecular weight is 278 g/mol. The minimum Gasteiger partial charge on any atom is -0.330 e. The summed E-state index contributed by atoms with van der Waals surface area (Å²) in [7, 11) is 0. The second-order valence-electron chi connectivity index (χ2n) is 5.51. The van der Waals surface area contributed by atoms with E-state index in [9.17, 15) is 0 Å². The van der Waals surface area contributed by atoms with Crippen molar-refractivity contribution in [1.82, 2.24) is 4.90 Å². The zero-order chi connectivity index (χ0) is 13.7. The standard InChI is InChI=1S/C16H26N2S/c1-3-16-12-18(8-9-19-16)11-14-4-6-15(7-5-14)13(2)10-17/h4-7,13,16H,3,8-12,17H2,1-2H3. The molecule has 1 heterocycles. The third kappa shape index (κ3) is 4.23. The first-order chi connectivity index (χ1) is 9.22. The topological polar surface area (TPSA) is 29.3 Å². The van der Waals surface area contributed by atoms with Crippen LogP contribution in [-0.4, -0.2) is 35.5 Å². The summed E-state index contributed by atoms with van der Waals surface area (Å²) in [5.74, 6) is 1.74. The van der Waals surface area contributed by atoms with E-state index >= 15 is 0 Å². The highest BCUT2D eigenvalue weighted by molar-refractivity contribution is 8.00. The van der Waals surface area contributed by atoms with E-state index in [1.54, 1.807) is 0 Å². The fraction of sp³-hybridized carbons (Fsp3) is 0.625. The molecular formula is C16H26N2S. The van der Waals surface area contributed by atoms with Gasteiger partial charge in [-0.1, -0.05) is 38.1 Å². The van der Waals surface area contributed by atoms with E-state index in [1.807, 2.05) is 0 Å². The van der Waals surface area contributed by atoms with E-state index < -0.39 is 0 Å². The quantitative estimate of drug-likeness (QED) is 0.897. The first-order valence-electron chi connectivity index (χ1n) is 7.35. The Hall–Kier alpha value is -0.510. The van der Waals surface area contributed by atoms with Crippen LogP contribution in [0.5, 0.6) is 0 Å². The van der Waals surface area contributed by atoms with E-state index in [0.717, 1.165) is 18.3 Å². The van der Waals surface area contributed by atoms with Crippen LogP contribution in [0, 0.1) is 0 Å². The molecule has 2 atom stereocenters. The number of rotatable bonds is 5. The molecule has 0 aromatic heterocycles. The van der Waals surface area contributed by atoms with Crippen LogP contribution in [-0.2, 0) is 6.54 Å². The van der Waals surface area contributed by atoms with Gasteiger partial charge in [0, 0.05) is 30.6 Å². The zero-order valence-electron chi connectivity index (χ0n) is 12.1. The Bertz CT molecular complexity index is 377. The molecule has 2 nitrogen and oxygen atoms in total. The fourth-order valence-corrected chi connectivity index (χ4v) is 3.77. The zero-order valence-corrected chi connectivity index (χ0v) is 13.0. The van der Waals surface area contributed by atoms with Crippen molar-refractivity contribution < 1.29 is 0 Å². The molecule has 1 aliphatic rings. The third-order valence-electron chi connectivity index (χ3n) is 3.99. The van der Waals surface area contributed by atoms with Gasteiger partial charge in [0.05, 0.1) is 0 Å². The van der Waals surface area contributed by atoms with E-state index in [1.165, 1.54) is 36.4 Å². The van der Waals surface area contributed by atoms with Crippen LogP contribution < -0.4 is 5.73 Å². The number of nitrogens with two attached hydrogens (primary N) is 1. The molecule has 1 aromatic carbocycles. The van der Waals surface area contributed by atoms with Crippen LogP contribution >= 0.6 is 11.8 Å². The third-order valence-corrected chi connectivity index (χ3v) is 5.36. The highest BCUT2D eigenvalue weighted by atomic mass is 32.2. The second kappa shape index (κ2) is 7.32. The summed E-state index contributed by atoms with van der Waals surface area (Å²) in [5, 5.41) is 0.824. The summed E-state index contributed by atoms with van der Waals surface area (Å²) in [5.41, 5.74) is 8.49. The predicted octanol–water partition coefficient (Wildman–Crippen LogP) is 3.08. The average Bonchev–Trinajstić information content (AvgIpc) is 2.47. The molecule has 0 bridgehead atoms. The van der Waals surface area contributed by atoms with Crippen molar-refractivity contribution >= 4 is 11.8 Å². The molecule has 3 heteroatoms. The molecule has 0 amide bonds. The van der Waals surface area contributed by atoms with Crippen molar-refractivity contribution in [3.05, 3.63) is 35.4 Å². The van der Waals surface area contributed by atoms with Crippen LogP contribution in [0.1, 0.15) is 37.3 Å². The van der Waals surface area contributed by atoms with E-state index in [-0.39, 0.29) is 0 Å². The molecule has 19 heavy (non-hydrogen) atoms. The van der Waals surface area contributed by atoms with E-state index in [0.29, 0.717) is 5.92 Å². The predicted molar refractivity (Wildman–Crippen MR) is 85.7 cm³/mol. The van der Waals surface area contributed by atoms with Gasteiger partial charge in [0.1, 0.15) is 0 Å². The van der Waals surface area contributed by atoms with Crippen LogP contribution in [0.25, 0.3) is 0 Å². The van der Waals surface area contributed by atoms with Crippen LogP contribution in [0.4, 0.5) is 0 Å². The highest BCUT2D eigenvalue weighted by Crippen LogP contribution is 2.23. The Kier molecular flexibility index (Phi) is 5.74. The van der Waals surface area contributed by atoms with Crippen molar-refractivity contribution in [2.75, 3.05) is 25.4 Å². The normalized spacial score (nSPS) is 22.4. The van der Waals surface area contributed by atoms with E-state index in [4.69, 9.17) is 5.73 Å². The highest BCUT2D eigenvalue weighted by Gasteiger charge is 2.18. The van der Waals surface area contributed by atoms with Gasteiger partial charge < -0.3 is 5.73 Å². The summed E-state index contributed by atoms with van der Waals surface area (Å²) in [6.07, 6.45) is 1.29. The van der Waals surface area contributed by atoms with Gasteiger partial charge in [0.25, 0.3) is 0 Å². The van der Waals surface area contributed by atoms with E-state index in [2.05, 4.69) is 54.8 Å². The summed E-state index contributed by atoms with van der Waals surface area (Å²) in [6, 6.07) is 9.01. The maximum Gasteiger partial charge on any atom is 0.0234 e. The maximum atomic E-state index is 5.71. The van der Waals surface area contributed by atoms with Gasteiger partial charge in [0.2, 0.25) is 0 Å². The summed E-state index contributed by atoms with van der Waals surface area (Å²) in [4.78, 5) is 2.59. The van der Waals surface area contributed by atoms with Crippen LogP contribution in [0.2, 0.25) is 0 Å². The molecular weight excluding hydrogens is 252 g/mol.